The van der Waals surface area contributed by atoms with Gasteiger partial charge >= 0.3 is 0 Å². The number of nitrogens with zero attached hydrogens (tertiary/aromatic N) is 1. The van der Waals surface area contributed by atoms with Gasteiger partial charge in [0.05, 0.1) is 12.5 Å². The molecule has 3 nitrogen and oxygen atoms in total. The zero-order chi connectivity index (χ0) is 12.7. The number of methoxy groups -OCH3 is 1. The number of benzene rings is 1. The van der Waals surface area contributed by atoms with Crippen LogP contribution in [0.5, 0.6) is 5.75 Å². The Balaban J connectivity index is 2.18. The fraction of sp³-hybridized carbons (Fsp3) is 0.467. The Kier molecular flexibility index (Phi) is 2.78. The quantitative estimate of drug-likeness (QED) is 0.772. The second-order valence-electron chi connectivity index (χ2n) is 5.12. The van der Waals surface area contributed by atoms with E-state index in [1.165, 1.54) is 5.56 Å². The molecule has 2 aromatic rings. The SMILES string of the molecule is COc1cccc2oc3c(c12)CCN(C)C(C)C3. The summed E-state index contributed by atoms with van der Waals surface area (Å²) in [6.45, 7) is 3.32. The maximum absolute atomic E-state index is 6.03. The molecular formula is C15H19NO2. The Morgan fingerprint density at radius 1 is 1.39 bits per heavy atom. The molecule has 0 aliphatic carbocycles. The third-order valence-corrected chi connectivity index (χ3v) is 4.03. The van der Waals surface area contributed by atoms with Crippen molar-refractivity contribution in [1.82, 2.24) is 4.90 Å². The van der Waals surface area contributed by atoms with Gasteiger partial charge in [-0.25, -0.2) is 0 Å². The van der Waals surface area contributed by atoms with E-state index in [0.29, 0.717) is 6.04 Å². The average molecular weight is 245 g/mol. The average Bonchev–Trinajstić information content (AvgIpc) is 2.66. The van der Waals surface area contributed by atoms with Crippen LogP contribution in [-0.4, -0.2) is 31.6 Å². The highest BCUT2D eigenvalue weighted by molar-refractivity contribution is 5.88. The molecule has 1 unspecified atom stereocenters. The van der Waals surface area contributed by atoms with Gasteiger partial charge in [0.25, 0.3) is 0 Å². The number of furan rings is 1. The van der Waals surface area contributed by atoms with Crippen LogP contribution in [0.15, 0.2) is 22.6 Å². The predicted molar refractivity (Wildman–Crippen MR) is 72.3 cm³/mol. The van der Waals surface area contributed by atoms with E-state index in [9.17, 15) is 0 Å². The van der Waals surface area contributed by atoms with Gasteiger partial charge in [-0.05, 0) is 32.5 Å². The van der Waals surface area contributed by atoms with Crippen LogP contribution in [0.2, 0.25) is 0 Å². The molecule has 0 bridgehead atoms. The van der Waals surface area contributed by atoms with Crippen molar-refractivity contribution < 1.29 is 9.15 Å². The lowest BCUT2D eigenvalue weighted by Crippen LogP contribution is -2.30. The van der Waals surface area contributed by atoms with Crippen LogP contribution in [0.4, 0.5) is 0 Å². The lowest BCUT2D eigenvalue weighted by molar-refractivity contribution is 0.262. The van der Waals surface area contributed by atoms with Crippen LogP contribution in [0.25, 0.3) is 11.0 Å². The minimum absolute atomic E-state index is 0.526. The van der Waals surface area contributed by atoms with Crippen molar-refractivity contribution in [2.45, 2.75) is 25.8 Å². The molecule has 2 heterocycles. The molecule has 0 radical (unpaired) electrons. The lowest BCUT2D eigenvalue weighted by Gasteiger charge is -2.20. The van der Waals surface area contributed by atoms with Gasteiger partial charge in [0.1, 0.15) is 17.1 Å². The van der Waals surface area contributed by atoms with E-state index in [1.54, 1.807) is 7.11 Å². The fourth-order valence-electron chi connectivity index (χ4n) is 2.76. The summed E-state index contributed by atoms with van der Waals surface area (Å²) in [7, 11) is 3.90. The summed E-state index contributed by atoms with van der Waals surface area (Å²) in [6.07, 6.45) is 2.01. The maximum atomic E-state index is 6.03. The zero-order valence-corrected chi connectivity index (χ0v) is 11.2. The smallest absolute Gasteiger partial charge is 0.138 e. The molecule has 0 fully saturated rings. The number of hydrogen-bond donors (Lipinski definition) is 0. The van der Waals surface area contributed by atoms with Gasteiger partial charge < -0.3 is 14.1 Å². The van der Waals surface area contributed by atoms with Gasteiger partial charge in [0.2, 0.25) is 0 Å². The molecule has 1 aromatic heterocycles. The van der Waals surface area contributed by atoms with Crippen LogP contribution in [0.3, 0.4) is 0 Å². The summed E-state index contributed by atoms with van der Waals surface area (Å²) >= 11 is 0. The summed E-state index contributed by atoms with van der Waals surface area (Å²) in [4.78, 5) is 2.39. The molecule has 96 valence electrons. The molecule has 0 spiro atoms. The minimum Gasteiger partial charge on any atom is -0.496 e. The highest BCUT2D eigenvalue weighted by atomic mass is 16.5. The third-order valence-electron chi connectivity index (χ3n) is 4.03. The molecular weight excluding hydrogens is 226 g/mol. The van der Waals surface area contributed by atoms with Gasteiger partial charge in [-0.15, -0.1) is 0 Å². The van der Waals surface area contributed by atoms with Crippen LogP contribution in [0, 0.1) is 0 Å². The van der Waals surface area contributed by atoms with Gasteiger partial charge in [0.15, 0.2) is 0 Å². The standard InChI is InChI=1S/C15H19NO2/c1-10-9-14-11(7-8-16(10)2)15-12(17-3)5-4-6-13(15)18-14/h4-6,10H,7-9H2,1-3H3. The van der Waals surface area contributed by atoms with Crippen molar-refractivity contribution in [1.29, 1.82) is 0 Å². The first kappa shape index (κ1) is 11.6. The molecule has 18 heavy (non-hydrogen) atoms. The Labute approximate surface area is 107 Å². The Hall–Kier alpha value is -1.48. The van der Waals surface area contributed by atoms with E-state index in [2.05, 4.69) is 18.9 Å². The first-order chi connectivity index (χ1) is 8.70. The number of rotatable bonds is 1. The largest absolute Gasteiger partial charge is 0.496 e. The molecule has 1 aliphatic rings. The third kappa shape index (κ3) is 1.70. The summed E-state index contributed by atoms with van der Waals surface area (Å²) < 4.78 is 11.5. The normalized spacial score (nSPS) is 20.7. The highest BCUT2D eigenvalue weighted by Gasteiger charge is 2.24. The summed E-state index contributed by atoms with van der Waals surface area (Å²) in [5.41, 5.74) is 2.29. The molecule has 1 atom stereocenters. The van der Waals surface area contributed by atoms with Crippen LogP contribution in [0.1, 0.15) is 18.2 Å². The molecule has 3 rings (SSSR count). The van der Waals surface area contributed by atoms with Crippen molar-refractivity contribution >= 4 is 11.0 Å². The molecule has 0 amide bonds. The Morgan fingerprint density at radius 3 is 3.00 bits per heavy atom. The van der Waals surface area contributed by atoms with E-state index >= 15 is 0 Å². The van der Waals surface area contributed by atoms with Gasteiger partial charge in [-0.3, -0.25) is 0 Å². The summed E-state index contributed by atoms with van der Waals surface area (Å²) in [5.74, 6) is 2.06. The molecule has 1 aliphatic heterocycles. The molecule has 0 saturated heterocycles. The van der Waals surface area contributed by atoms with E-state index in [0.717, 1.165) is 41.9 Å². The fourth-order valence-corrected chi connectivity index (χ4v) is 2.76. The number of ether oxygens (including phenoxy) is 1. The van der Waals surface area contributed by atoms with Crippen molar-refractivity contribution in [3.05, 3.63) is 29.5 Å². The molecule has 3 heteroatoms. The highest BCUT2D eigenvalue weighted by Crippen LogP contribution is 2.35. The van der Waals surface area contributed by atoms with Crippen molar-refractivity contribution in [2.24, 2.45) is 0 Å². The van der Waals surface area contributed by atoms with Crippen molar-refractivity contribution in [2.75, 3.05) is 20.7 Å². The lowest BCUT2D eigenvalue weighted by atomic mass is 10.1. The van der Waals surface area contributed by atoms with Crippen LogP contribution in [-0.2, 0) is 12.8 Å². The predicted octanol–water partition coefficient (Wildman–Crippen LogP) is 2.86. The van der Waals surface area contributed by atoms with E-state index in [4.69, 9.17) is 9.15 Å². The molecule has 0 N–H and O–H groups in total. The Bertz CT molecular complexity index is 573. The van der Waals surface area contributed by atoms with Gasteiger partial charge in [0, 0.05) is 24.6 Å². The second kappa shape index (κ2) is 4.32. The van der Waals surface area contributed by atoms with Crippen LogP contribution < -0.4 is 4.74 Å². The molecule has 0 saturated carbocycles. The Morgan fingerprint density at radius 2 is 2.22 bits per heavy atom. The second-order valence-corrected chi connectivity index (χ2v) is 5.12. The monoisotopic (exact) mass is 245 g/mol. The van der Waals surface area contributed by atoms with Crippen LogP contribution >= 0.6 is 0 Å². The minimum atomic E-state index is 0.526. The van der Waals surface area contributed by atoms with E-state index in [1.807, 2.05) is 18.2 Å². The first-order valence-electron chi connectivity index (χ1n) is 6.48. The zero-order valence-electron chi connectivity index (χ0n) is 11.2. The van der Waals surface area contributed by atoms with Gasteiger partial charge in [-0.1, -0.05) is 6.07 Å². The topological polar surface area (TPSA) is 25.6 Å². The first-order valence-corrected chi connectivity index (χ1v) is 6.48. The number of fused-ring (bicyclic) bond motifs is 3. The summed E-state index contributed by atoms with van der Waals surface area (Å²) in [6, 6.07) is 6.55. The van der Waals surface area contributed by atoms with Gasteiger partial charge in [-0.2, -0.15) is 0 Å². The van der Waals surface area contributed by atoms with E-state index in [-0.39, 0.29) is 0 Å². The summed E-state index contributed by atoms with van der Waals surface area (Å²) in [5, 5.41) is 1.16. The van der Waals surface area contributed by atoms with Crippen molar-refractivity contribution in [3.8, 4) is 5.75 Å². The molecule has 1 aromatic carbocycles. The van der Waals surface area contributed by atoms with E-state index < -0.39 is 0 Å². The number of hydrogen-bond acceptors (Lipinski definition) is 3. The number of likely N-dealkylation sites (N-methyl/N-ethyl adjacent to an activating group) is 1. The maximum Gasteiger partial charge on any atom is 0.138 e. The van der Waals surface area contributed by atoms with Crippen molar-refractivity contribution in [3.63, 3.8) is 0 Å².